The zero-order chi connectivity index (χ0) is 15.9. The van der Waals surface area contributed by atoms with Crippen LogP contribution in [0.15, 0.2) is 18.2 Å². The molecule has 1 amide bonds. The van der Waals surface area contributed by atoms with E-state index in [0.29, 0.717) is 16.9 Å². The van der Waals surface area contributed by atoms with Gasteiger partial charge in [0.15, 0.2) is 5.82 Å². The lowest BCUT2D eigenvalue weighted by Gasteiger charge is -2.04. The Labute approximate surface area is 127 Å². The van der Waals surface area contributed by atoms with Crippen molar-refractivity contribution < 1.29 is 13.6 Å². The largest absolute Gasteiger partial charge is 0.317 e. The zero-order valence-corrected chi connectivity index (χ0v) is 12.5. The van der Waals surface area contributed by atoms with Crippen LogP contribution in [0.4, 0.5) is 14.5 Å². The number of carbonyl (C=O) groups excluding carboxylic acids is 1. The van der Waals surface area contributed by atoms with E-state index in [2.05, 4.69) is 20.6 Å². The Morgan fingerprint density at radius 3 is 2.77 bits per heavy atom. The van der Waals surface area contributed by atoms with Crippen molar-refractivity contribution in [1.29, 1.82) is 0 Å². The van der Waals surface area contributed by atoms with E-state index < -0.39 is 17.5 Å². The Morgan fingerprint density at radius 2 is 2.09 bits per heavy atom. The normalized spacial score (nSPS) is 11.3. The number of nitrogens with one attached hydrogen (secondary N) is 1. The van der Waals surface area contributed by atoms with Gasteiger partial charge in [0.25, 0.3) is 5.91 Å². The number of nitrogens with zero attached hydrogens (tertiary/aromatic N) is 4. The summed E-state index contributed by atoms with van der Waals surface area (Å²) in [6.45, 7) is 3.87. The van der Waals surface area contributed by atoms with Gasteiger partial charge in [-0.3, -0.25) is 4.79 Å². The molecule has 0 aliphatic heterocycles. The van der Waals surface area contributed by atoms with Gasteiger partial charge in [-0.25, -0.2) is 8.78 Å². The van der Waals surface area contributed by atoms with Crippen LogP contribution in [0, 0.1) is 11.6 Å². The van der Waals surface area contributed by atoms with Crippen LogP contribution in [0.5, 0.6) is 0 Å². The lowest BCUT2D eigenvalue weighted by atomic mass is 10.2. The van der Waals surface area contributed by atoms with E-state index in [4.69, 9.17) is 0 Å². The summed E-state index contributed by atoms with van der Waals surface area (Å²) >= 11 is 1.04. The molecular weight excluding hydrogens is 312 g/mol. The molecule has 9 heteroatoms. The van der Waals surface area contributed by atoms with E-state index in [-0.39, 0.29) is 16.6 Å². The van der Waals surface area contributed by atoms with E-state index >= 15 is 0 Å². The molecule has 0 unspecified atom stereocenters. The Balaban J connectivity index is 1.89. The Hall–Kier alpha value is -2.42. The molecule has 3 aromatic rings. The molecule has 22 heavy (non-hydrogen) atoms. The number of benzene rings is 1. The number of fused-ring (bicyclic) bond motifs is 1. The monoisotopic (exact) mass is 323 g/mol. The second-order valence-corrected chi connectivity index (χ2v) is 5.85. The molecule has 114 valence electrons. The molecule has 0 saturated heterocycles. The van der Waals surface area contributed by atoms with Crippen molar-refractivity contribution in [2.45, 2.75) is 19.8 Å². The topological polar surface area (TPSA) is 72.2 Å². The first-order valence-electron chi connectivity index (χ1n) is 6.44. The molecule has 0 aliphatic rings. The quantitative estimate of drug-likeness (QED) is 0.804. The van der Waals surface area contributed by atoms with Crippen LogP contribution in [0.3, 0.4) is 0 Å². The number of hydrogen-bond acceptors (Lipinski definition) is 5. The van der Waals surface area contributed by atoms with E-state index in [1.807, 2.05) is 13.8 Å². The first-order valence-corrected chi connectivity index (χ1v) is 7.26. The van der Waals surface area contributed by atoms with E-state index in [1.54, 1.807) is 0 Å². The summed E-state index contributed by atoms with van der Waals surface area (Å²) in [5.74, 6) is -1.41. The molecule has 0 aliphatic carbocycles. The number of hydrogen-bond donors (Lipinski definition) is 1. The summed E-state index contributed by atoms with van der Waals surface area (Å²) in [5.41, 5.74) is -0.110. The van der Waals surface area contributed by atoms with Crippen molar-refractivity contribution in [1.82, 2.24) is 19.8 Å². The van der Waals surface area contributed by atoms with Crippen molar-refractivity contribution >= 4 is 27.9 Å². The number of rotatable bonds is 3. The lowest BCUT2D eigenvalue weighted by molar-refractivity contribution is 0.102. The number of anilines is 1. The summed E-state index contributed by atoms with van der Waals surface area (Å²) in [4.78, 5) is 12.6. The van der Waals surface area contributed by atoms with Gasteiger partial charge in [0.05, 0.1) is 5.69 Å². The van der Waals surface area contributed by atoms with Crippen molar-refractivity contribution in [3.63, 3.8) is 0 Å². The maximum atomic E-state index is 13.5. The molecule has 0 spiro atoms. The first-order chi connectivity index (χ1) is 10.5. The smallest absolute Gasteiger partial charge is 0.286 e. The summed E-state index contributed by atoms with van der Waals surface area (Å²) in [6, 6.07) is 2.92. The van der Waals surface area contributed by atoms with Gasteiger partial charge in [0.1, 0.15) is 11.6 Å². The fourth-order valence-corrected chi connectivity index (χ4v) is 2.59. The van der Waals surface area contributed by atoms with Gasteiger partial charge in [-0.15, -0.1) is 15.3 Å². The number of halogens is 2. The first kappa shape index (κ1) is 14.5. The standard InChI is InChI=1S/C13H11F2N5OS/c1-6(2)10-17-18-13-20(10)19-12(22-13)11(21)16-9-4-3-7(14)5-8(9)15/h3-6H,1-2H3,(H,16,21). The fourth-order valence-electron chi connectivity index (χ4n) is 1.85. The molecule has 3 rings (SSSR count). The summed E-state index contributed by atoms with van der Waals surface area (Å²) in [6.07, 6.45) is 0. The van der Waals surface area contributed by atoms with Crippen molar-refractivity contribution in [2.75, 3.05) is 5.32 Å². The van der Waals surface area contributed by atoms with E-state index in [0.717, 1.165) is 23.5 Å². The minimum Gasteiger partial charge on any atom is -0.317 e. The van der Waals surface area contributed by atoms with Gasteiger partial charge in [0, 0.05) is 12.0 Å². The SMILES string of the molecule is CC(C)c1nnc2sc(C(=O)Nc3ccc(F)cc3F)nn12. The molecule has 2 heterocycles. The van der Waals surface area contributed by atoms with Gasteiger partial charge in [-0.2, -0.15) is 4.52 Å². The minimum absolute atomic E-state index is 0.0996. The third-order valence-corrected chi connectivity index (χ3v) is 3.80. The Bertz CT molecular complexity index is 857. The Kier molecular flexibility index (Phi) is 3.57. The van der Waals surface area contributed by atoms with Crippen LogP contribution in [0.1, 0.15) is 35.4 Å². The van der Waals surface area contributed by atoms with Crippen LogP contribution >= 0.6 is 11.3 Å². The maximum absolute atomic E-state index is 13.5. The van der Waals surface area contributed by atoms with Crippen molar-refractivity contribution in [3.8, 4) is 0 Å². The number of amides is 1. The third-order valence-electron chi connectivity index (χ3n) is 2.90. The molecule has 0 bridgehead atoms. The number of carbonyl (C=O) groups is 1. The van der Waals surface area contributed by atoms with Gasteiger partial charge in [-0.1, -0.05) is 25.2 Å². The maximum Gasteiger partial charge on any atom is 0.286 e. The minimum atomic E-state index is -0.848. The van der Waals surface area contributed by atoms with Crippen molar-refractivity contribution in [2.24, 2.45) is 0 Å². The summed E-state index contributed by atoms with van der Waals surface area (Å²) in [5, 5.41) is 14.6. The van der Waals surface area contributed by atoms with E-state index in [1.165, 1.54) is 4.52 Å². The summed E-state index contributed by atoms with van der Waals surface area (Å²) in [7, 11) is 0. The van der Waals surface area contributed by atoms with E-state index in [9.17, 15) is 13.6 Å². The molecule has 1 aromatic carbocycles. The third kappa shape index (κ3) is 2.54. The lowest BCUT2D eigenvalue weighted by Crippen LogP contribution is -2.13. The van der Waals surface area contributed by atoms with Crippen LogP contribution in [-0.2, 0) is 0 Å². The van der Waals surface area contributed by atoms with Gasteiger partial charge in [-0.05, 0) is 12.1 Å². The van der Waals surface area contributed by atoms with Gasteiger partial charge >= 0.3 is 0 Å². The molecule has 0 fully saturated rings. The molecular formula is C13H11F2N5OS. The highest BCUT2D eigenvalue weighted by Crippen LogP contribution is 2.20. The Morgan fingerprint density at radius 1 is 1.32 bits per heavy atom. The predicted molar refractivity (Wildman–Crippen MR) is 77.1 cm³/mol. The second kappa shape index (κ2) is 5.41. The molecule has 6 nitrogen and oxygen atoms in total. The van der Waals surface area contributed by atoms with Crippen molar-refractivity contribution in [3.05, 3.63) is 40.7 Å². The van der Waals surface area contributed by atoms with Crippen LogP contribution in [0.25, 0.3) is 4.96 Å². The van der Waals surface area contributed by atoms with Crippen LogP contribution < -0.4 is 5.32 Å². The highest BCUT2D eigenvalue weighted by Gasteiger charge is 2.19. The van der Waals surface area contributed by atoms with Gasteiger partial charge in [0.2, 0.25) is 9.97 Å². The fraction of sp³-hybridized carbons (Fsp3) is 0.231. The average molecular weight is 323 g/mol. The highest BCUT2D eigenvalue weighted by molar-refractivity contribution is 7.18. The summed E-state index contributed by atoms with van der Waals surface area (Å²) < 4.78 is 27.9. The highest BCUT2D eigenvalue weighted by atomic mass is 32.1. The average Bonchev–Trinajstić information content (AvgIpc) is 3.01. The van der Waals surface area contributed by atoms with Crippen LogP contribution in [0.2, 0.25) is 0 Å². The van der Waals surface area contributed by atoms with Gasteiger partial charge < -0.3 is 5.32 Å². The zero-order valence-electron chi connectivity index (χ0n) is 11.7. The molecule has 1 N–H and O–H groups in total. The van der Waals surface area contributed by atoms with Crippen LogP contribution in [-0.4, -0.2) is 25.7 Å². The number of aromatic nitrogens is 4. The molecule has 0 atom stereocenters. The predicted octanol–water partition coefficient (Wildman–Crippen LogP) is 2.84. The molecule has 0 saturated carbocycles. The second-order valence-electron chi connectivity index (χ2n) is 4.89. The molecule has 0 radical (unpaired) electrons. The molecule has 2 aromatic heterocycles.